The Morgan fingerprint density at radius 1 is 1.09 bits per heavy atom. The minimum Gasteiger partial charge on any atom is -0.361 e. The average Bonchev–Trinajstić information content (AvgIpc) is 3.19. The Hall–Kier alpha value is -3.12. The summed E-state index contributed by atoms with van der Waals surface area (Å²) in [6.45, 7) is 8.12. The zero-order valence-electron chi connectivity index (χ0n) is 19.1. The number of rotatable bonds is 7. The Labute approximate surface area is 189 Å². The molecule has 2 aromatic carbocycles. The summed E-state index contributed by atoms with van der Waals surface area (Å²) in [6.07, 6.45) is 3.37. The molecule has 0 radical (unpaired) electrons. The molecule has 168 valence electrons. The van der Waals surface area contributed by atoms with E-state index in [-0.39, 0.29) is 17.4 Å². The maximum absolute atomic E-state index is 13.1. The van der Waals surface area contributed by atoms with Crippen LogP contribution in [-0.4, -0.2) is 46.4 Å². The molecule has 0 fully saturated rings. The summed E-state index contributed by atoms with van der Waals surface area (Å²) in [6, 6.07) is 15.9. The lowest BCUT2D eigenvalue weighted by Crippen LogP contribution is -2.56. The lowest BCUT2D eigenvalue weighted by Gasteiger charge is -2.42. The average molecular weight is 433 g/mol. The molecule has 3 aromatic rings. The molecular weight excluding hydrogens is 400 g/mol. The van der Waals surface area contributed by atoms with Crippen molar-refractivity contribution in [3.63, 3.8) is 0 Å². The molecule has 1 aliphatic rings. The second-order valence-corrected chi connectivity index (χ2v) is 9.29. The first-order valence-corrected chi connectivity index (χ1v) is 11.2. The predicted octanol–water partition coefficient (Wildman–Crippen LogP) is 3.17. The van der Waals surface area contributed by atoms with Gasteiger partial charge in [-0.15, -0.1) is 0 Å². The van der Waals surface area contributed by atoms with E-state index < -0.39 is 6.04 Å². The predicted molar refractivity (Wildman–Crippen MR) is 127 cm³/mol. The molecule has 1 aromatic heterocycles. The van der Waals surface area contributed by atoms with Crippen molar-refractivity contribution in [2.45, 2.75) is 51.7 Å². The van der Waals surface area contributed by atoms with E-state index in [2.05, 4.69) is 58.6 Å². The Morgan fingerprint density at radius 3 is 2.59 bits per heavy atom. The van der Waals surface area contributed by atoms with Gasteiger partial charge in [-0.3, -0.25) is 14.5 Å². The fourth-order valence-electron chi connectivity index (χ4n) is 4.53. The van der Waals surface area contributed by atoms with Crippen LogP contribution in [0.2, 0.25) is 0 Å². The third kappa shape index (κ3) is 4.86. The van der Waals surface area contributed by atoms with E-state index in [4.69, 9.17) is 0 Å². The smallest absolute Gasteiger partial charge is 0.242 e. The SMILES string of the molecule is CC(=O)N[C@H](Cc1c[nH]c2ccccc12)C(=O)NCC(C)(C)N1CCc2ccccc2C1. The number of carbonyl (C=O) groups excluding carboxylic acids is 2. The minimum absolute atomic E-state index is 0.157. The zero-order valence-corrected chi connectivity index (χ0v) is 19.1. The first-order chi connectivity index (χ1) is 15.3. The Morgan fingerprint density at radius 2 is 1.81 bits per heavy atom. The van der Waals surface area contributed by atoms with Gasteiger partial charge in [0.2, 0.25) is 11.8 Å². The standard InChI is InChI=1S/C26H32N4O2/c1-18(31)29-24(14-21-15-27-23-11-7-6-10-22(21)23)25(32)28-17-26(2,3)30-13-12-19-8-4-5-9-20(19)16-30/h4-11,15,24,27H,12-14,16-17H2,1-3H3,(H,28,32)(H,29,31)/t24-/m1/s1. The number of hydrogen-bond donors (Lipinski definition) is 3. The van der Waals surface area contributed by atoms with E-state index >= 15 is 0 Å². The summed E-state index contributed by atoms with van der Waals surface area (Å²) in [4.78, 5) is 30.6. The van der Waals surface area contributed by atoms with Crippen LogP contribution in [0.25, 0.3) is 10.9 Å². The summed E-state index contributed by atoms with van der Waals surface area (Å²) in [5, 5.41) is 7.01. The van der Waals surface area contributed by atoms with Crippen molar-refractivity contribution in [2.24, 2.45) is 0 Å². The summed E-state index contributed by atoms with van der Waals surface area (Å²) in [5.74, 6) is -0.368. The molecule has 3 N–H and O–H groups in total. The first-order valence-electron chi connectivity index (χ1n) is 11.2. The molecule has 6 nitrogen and oxygen atoms in total. The number of aromatic nitrogens is 1. The molecule has 6 heteroatoms. The molecule has 2 amide bonds. The zero-order chi connectivity index (χ0) is 22.7. The number of H-pyrrole nitrogens is 1. The lowest BCUT2D eigenvalue weighted by molar-refractivity contribution is -0.128. The number of para-hydroxylation sites is 1. The van der Waals surface area contributed by atoms with Gasteiger partial charge in [0.05, 0.1) is 0 Å². The highest BCUT2D eigenvalue weighted by Gasteiger charge is 2.31. The van der Waals surface area contributed by atoms with Crippen molar-refractivity contribution >= 4 is 22.7 Å². The van der Waals surface area contributed by atoms with Crippen LogP contribution in [0.1, 0.15) is 37.5 Å². The number of nitrogens with one attached hydrogen (secondary N) is 3. The maximum atomic E-state index is 13.1. The van der Waals surface area contributed by atoms with E-state index in [0.29, 0.717) is 13.0 Å². The van der Waals surface area contributed by atoms with Crippen LogP contribution in [0.3, 0.4) is 0 Å². The molecule has 1 aliphatic heterocycles. The number of aromatic amines is 1. The highest BCUT2D eigenvalue weighted by molar-refractivity contribution is 5.89. The van der Waals surface area contributed by atoms with Gasteiger partial charge in [-0.05, 0) is 43.0 Å². The highest BCUT2D eigenvalue weighted by Crippen LogP contribution is 2.25. The molecule has 0 saturated carbocycles. The Bertz CT molecular complexity index is 1120. The number of amides is 2. The van der Waals surface area contributed by atoms with Crippen molar-refractivity contribution in [1.82, 2.24) is 20.5 Å². The van der Waals surface area contributed by atoms with Gasteiger partial charge < -0.3 is 15.6 Å². The molecule has 0 unspecified atom stereocenters. The van der Waals surface area contributed by atoms with Gasteiger partial charge in [0, 0.05) is 55.6 Å². The molecule has 0 saturated heterocycles. The molecular formula is C26H32N4O2. The fraction of sp³-hybridized carbons (Fsp3) is 0.385. The summed E-state index contributed by atoms with van der Waals surface area (Å²) in [7, 11) is 0. The maximum Gasteiger partial charge on any atom is 0.242 e. The molecule has 0 bridgehead atoms. The normalized spacial score (nSPS) is 15.2. The highest BCUT2D eigenvalue weighted by atomic mass is 16.2. The quantitative estimate of drug-likeness (QED) is 0.537. The van der Waals surface area contributed by atoms with Crippen molar-refractivity contribution in [3.05, 3.63) is 71.4 Å². The third-order valence-electron chi connectivity index (χ3n) is 6.47. The molecule has 0 spiro atoms. The van der Waals surface area contributed by atoms with Gasteiger partial charge in [0.15, 0.2) is 0 Å². The molecule has 2 heterocycles. The minimum atomic E-state index is -0.621. The van der Waals surface area contributed by atoms with Crippen molar-refractivity contribution in [3.8, 4) is 0 Å². The second-order valence-electron chi connectivity index (χ2n) is 9.29. The summed E-state index contributed by atoms with van der Waals surface area (Å²) < 4.78 is 0. The largest absolute Gasteiger partial charge is 0.361 e. The third-order valence-corrected chi connectivity index (χ3v) is 6.47. The van der Waals surface area contributed by atoms with Crippen LogP contribution in [0.4, 0.5) is 0 Å². The molecule has 32 heavy (non-hydrogen) atoms. The second kappa shape index (κ2) is 9.17. The number of nitrogens with zero attached hydrogens (tertiary/aromatic N) is 1. The van der Waals surface area contributed by atoms with Crippen LogP contribution in [0, 0.1) is 0 Å². The van der Waals surface area contributed by atoms with Gasteiger partial charge in [-0.1, -0.05) is 42.5 Å². The van der Waals surface area contributed by atoms with Crippen molar-refractivity contribution in [2.75, 3.05) is 13.1 Å². The van der Waals surface area contributed by atoms with E-state index in [9.17, 15) is 9.59 Å². The van der Waals surface area contributed by atoms with Gasteiger partial charge in [0.25, 0.3) is 0 Å². The molecule has 1 atom stereocenters. The summed E-state index contributed by atoms with van der Waals surface area (Å²) in [5.41, 5.74) is 4.60. The van der Waals surface area contributed by atoms with Gasteiger partial charge in [-0.25, -0.2) is 0 Å². The molecule has 4 rings (SSSR count). The number of fused-ring (bicyclic) bond motifs is 2. The van der Waals surface area contributed by atoms with Crippen LogP contribution >= 0.6 is 0 Å². The van der Waals surface area contributed by atoms with E-state index in [1.807, 2.05) is 30.5 Å². The van der Waals surface area contributed by atoms with Crippen LogP contribution in [0.5, 0.6) is 0 Å². The van der Waals surface area contributed by atoms with Crippen molar-refractivity contribution in [1.29, 1.82) is 0 Å². The van der Waals surface area contributed by atoms with E-state index in [1.165, 1.54) is 18.1 Å². The fourth-order valence-corrected chi connectivity index (χ4v) is 4.53. The Balaban J connectivity index is 1.42. The van der Waals surface area contributed by atoms with Crippen LogP contribution in [0.15, 0.2) is 54.7 Å². The Kier molecular flexibility index (Phi) is 6.33. The summed E-state index contributed by atoms with van der Waals surface area (Å²) >= 11 is 0. The van der Waals surface area contributed by atoms with Gasteiger partial charge in [-0.2, -0.15) is 0 Å². The first kappa shape index (κ1) is 22.1. The monoisotopic (exact) mass is 432 g/mol. The van der Waals surface area contributed by atoms with Crippen molar-refractivity contribution < 1.29 is 9.59 Å². The number of benzene rings is 2. The van der Waals surface area contributed by atoms with Crippen LogP contribution < -0.4 is 10.6 Å². The number of carbonyl (C=O) groups is 2. The van der Waals surface area contributed by atoms with Gasteiger partial charge in [0.1, 0.15) is 6.04 Å². The molecule has 0 aliphatic carbocycles. The topological polar surface area (TPSA) is 77.2 Å². The number of hydrogen-bond acceptors (Lipinski definition) is 3. The lowest BCUT2D eigenvalue weighted by atomic mass is 9.94. The van der Waals surface area contributed by atoms with E-state index in [0.717, 1.165) is 36.0 Å². The van der Waals surface area contributed by atoms with Gasteiger partial charge >= 0.3 is 0 Å². The van der Waals surface area contributed by atoms with Crippen LogP contribution in [-0.2, 0) is 29.0 Å². The van der Waals surface area contributed by atoms with E-state index in [1.54, 1.807) is 0 Å².